The van der Waals surface area contributed by atoms with Crippen LogP contribution in [0.15, 0.2) is 24.3 Å². The minimum absolute atomic E-state index is 0.102. The predicted molar refractivity (Wildman–Crippen MR) is 82.7 cm³/mol. The number of aliphatic hydroxyl groups is 1. The summed E-state index contributed by atoms with van der Waals surface area (Å²) in [4.78, 5) is 16.5. The van der Waals surface area contributed by atoms with Crippen molar-refractivity contribution in [2.45, 2.75) is 18.6 Å². The van der Waals surface area contributed by atoms with Gasteiger partial charge >= 0.3 is 0 Å². The molecule has 0 saturated carbocycles. The van der Waals surface area contributed by atoms with Crippen molar-refractivity contribution in [1.29, 1.82) is 0 Å². The third kappa shape index (κ3) is 3.15. The number of aliphatic hydroxyl groups excluding tert-OH is 1. The third-order valence-corrected chi connectivity index (χ3v) is 4.51. The number of rotatable bonds is 2. The van der Waals surface area contributed by atoms with E-state index in [-0.39, 0.29) is 11.9 Å². The normalized spacial score (nSPS) is 26.2. The average Bonchev–Trinajstić information content (AvgIpc) is 2.94. The maximum atomic E-state index is 12.4. The number of hydrogen-bond acceptors (Lipinski definition) is 4. The first-order chi connectivity index (χ1) is 10.1. The summed E-state index contributed by atoms with van der Waals surface area (Å²) < 4.78 is 0. The molecule has 0 bridgehead atoms. The van der Waals surface area contributed by atoms with E-state index in [1.165, 1.54) is 0 Å². The van der Waals surface area contributed by atoms with Crippen LogP contribution in [0, 0.1) is 0 Å². The highest BCUT2D eigenvalue weighted by molar-refractivity contribution is 6.33. The van der Waals surface area contributed by atoms with Gasteiger partial charge in [0.2, 0.25) is 5.91 Å². The second-order valence-electron chi connectivity index (χ2n) is 5.61. The van der Waals surface area contributed by atoms with E-state index in [9.17, 15) is 9.90 Å². The molecule has 3 rings (SSSR count). The first kappa shape index (κ1) is 14.6. The largest absolute Gasteiger partial charge is 0.392 e. The summed E-state index contributed by atoms with van der Waals surface area (Å²) in [6.07, 6.45) is 0.118. The van der Waals surface area contributed by atoms with Crippen molar-refractivity contribution in [3.8, 4) is 0 Å². The number of amides is 1. The van der Waals surface area contributed by atoms with E-state index in [1.54, 1.807) is 0 Å². The first-order valence-corrected chi connectivity index (χ1v) is 7.72. The Kier molecular flexibility index (Phi) is 4.33. The lowest BCUT2D eigenvalue weighted by atomic mass is 10.1. The Balaban J connectivity index is 1.58. The molecule has 2 aliphatic rings. The van der Waals surface area contributed by atoms with Crippen LogP contribution in [-0.2, 0) is 4.79 Å². The van der Waals surface area contributed by atoms with Crippen LogP contribution in [0.3, 0.4) is 0 Å². The van der Waals surface area contributed by atoms with Gasteiger partial charge in [0, 0.05) is 32.7 Å². The predicted octanol–water partition coefficient (Wildman–Crippen LogP) is 0.711. The van der Waals surface area contributed by atoms with Crippen LogP contribution in [0.2, 0.25) is 5.02 Å². The van der Waals surface area contributed by atoms with Crippen molar-refractivity contribution in [3.63, 3.8) is 0 Å². The number of carbonyl (C=O) groups excluding carboxylic acids is 1. The fraction of sp³-hybridized carbons (Fsp3) is 0.533. The van der Waals surface area contributed by atoms with Crippen LogP contribution < -0.4 is 10.2 Å². The Morgan fingerprint density at radius 1 is 1.24 bits per heavy atom. The SMILES string of the molecule is O=C([C@H]1C[C@@H](O)CN1)N1CCN(c2ccccc2Cl)CC1. The summed E-state index contributed by atoms with van der Waals surface area (Å²) in [5.74, 6) is 0.102. The number of halogens is 1. The molecule has 21 heavy (non-hydrogen) atoms. The molecule has 1 aromatic rings. The molecule has 2 fully saturated rings. The Labute approximate surface area is 129 Å². The lowest BCUT2D eigenvalue weighted by molar-refractivity contribution is -0.133. The highest BCUT2D eigenvalue weighted by Crippen LogP contribution is 2.26. The minimum Gasteiger partial charge on any atom is -0.392 e. The number of para-hydroxylation sites is 1. The van der Waals surface area contributed by atoms with Crippen molar-refractivity contribution in [1.82, 2.24) is 10.2 Å². The summed E-state index contributed by atoms with van der Waals surface area (Å²) in [6.45, 7) is 3.46. The van der Waals surface area contributed by atoms with Crippen LogP contribution in [0.25, 0.3) is 0 Å². The van der Waals surface area contributed by atoms with Gasteiger partial charge in [-0.1, -0.05) is 23.7 Å². The van der Waals surface area contributed by atoms with Crippen LogP contribution in [0.1, 0.15) is 6.42 Å². The fourth-order valence-corrected chi connectivity index (χ4v) is 3.26. The molecule has 2 heterocycles. The van der Waals surface area contributed by atoms with Gasteiger partial charge in [0.1, 0.15) is 0 Å². The Morgan fingerprint density at radius 3 is 2.57 bits per heavy atom. The zero-order chi connectivity index (χ0) is 14.8. The molecule has 0 spiro atoms. The highest BCUT2D eigenvalue weighted by Gasteiger charge is 2.32. The lowest BCUT2D eigenvalue weighted by Gasteiger charge is -2.37. The molecular weight excluding hydrogens is 290 g/mol. The van der Waals surface area contributed by atoms with Gasteiger partial charge in [-0.2, -0.15) is 0 Å². The number of carbonyl (C=O) groups is 1. The number of nitrogens with zero attached hydrogens (tertiary/aromatic N) is 2. The third-order valence-electron chi connectivity index (χ3n) is 4.19. The molecule has 1 amide bonds. The standard InChI is InChI=1S/C15H20ClN3O2/c16-12-3-1-2-4-14(12)18-5-7-19(8-6-18)15(21)13-9-11(20)10-17-13/h1-4,11,13,17,20H,5-10H2/t11-,13-/m1/s1. The van der Waals surface area contributed by atoms with Crippen LogP contribution in [-0.4, -0.2) is 60.8 Å². The summed E-state index contributed by atoms with van der Waals surface area (Å²) >= 11 is 6.22. The van der Waals surface area contributed by atoms with Crippen molar-refractivity contribution >= 4 is 23.2 Å². The molecule has 5 nitrogen and oxygen atoms in total. The van der Waals surface area contributed by atoms with Gasteiger partial charge in [-0.15, -0.1) is 0 Å². The van der Waals surface area contributed by atoms with Gasteiger partial charge in [0.15, 0.2) is 0 Å². The van der Waals surface area contributed by atoms with Crippen molar-refractivity contribution in [2.24, 2.45) is 0 Å². The monoisotopic (exact) mass is 309 g/mol. The second kappa shape index (κ2) is 6.22. The molecule has 2 saturated heterocycles. The van der Waals surface area contributed by atoms with Crippen LogP contribution >= 0.6 is 11.6 Å². The van der Waals surface area contributed by atoms with Gasteiger partial charge in [0.05, 0.1) is 22.9 Å². The van der Waals surface area contributed by atoms with E-state index in [2.05, 4.69) is 10.2 Å². The van der Waals surface area contributed by atoms with Gasteiger partial charge in [-0.25, -0.2) is 0 Å². The molecule has 6 heteroatoms. The minimum atomic E-state index is -0.400. The zero-order valence-electron chi connectivity index (χ0n) is 11.8. The molecule has 0 aromatic heterocycles. The second-order valence-corrected chi connectivity index (χ2v) is 6.02. The zero-order valence-corrected chi connectivity index (χ0v) is 12.6. The van der Waals surface area contributed by atoms with Gasteiger partial charge in [-0.3, -0.25) is 4.79 Å². The van der Waals surface area contributed by atoms with E-state index in [0.29, 0.717) is 26.1 Å². The molecule has 0 unspecified atom stereocenters. The maximum Gasteiger partial charge on any atom is 0.239 e. The van der Waals surface area contributed by atoms with E-state index in [1.807, 2.05) is 29.2 Å². The van der Waals surface area contributed by atoms with E-state index >= 15 is 0 Å². The van der Waals surface area contributed by atoms with Crippen LogP contribution in [0.5, 0.6) is 0 Å². The van der Waals surface area contributed by atoms with E-state index in [0.717, 1.165) is 23.8 Å². The number of piperazine rings is 1. The summed E-state index contributed by atoms with van der Waals surface area (Å²) in [5, 5.41) is 13.3. The Hall–Kier alpha value is -1.30. The topological polar surface area (TPSA) is 55.8 Å². The molecule has 114 valence electrons. The van der Waals surface area contributed by atoms with Crippen molar-refractivity contribution in [2.75, 3.05) is 37.6 Å². The lowest BCUT2D eigenvalue weighted by Crippen LogP contribution is -2.53. The molecule has 0 aliphatic carbocycles. The first-order valence-electron chi connectivity index (χ1n) is 7.35. The number of hydrogen-bond donors (Lipinski definition) is 2. The maximum absolute atomic E-state index is 12.4. The van der Waals surface area contributed by atoms with Gasteiger partial charge in [-0.05, 0) is 18.6 Å². The Morgan fingerprint density at radius 2 is 1.95 bits per heavy atom. The summed E-state index contributed by atoms with van der Waals surface area (Å²) in [6, 6.07) is 7.56. The summed E-state index contributed by atoms with van der Waals surface area (Å²) in [5.41, 5.74) is 1.03. The number of benzene rings is 1. The van der Waals surface area contributed by atoms with Crippen molar-refractivity contribution < 1.29 is 9.90 Å². The molecule has 2 N–H and O–H groups in total. The smallest absolute Gasteiger partial charge is 0.239 e. The Bertz CT molecular complexity index is 517. The van der Waals surface area contributed by atoms with Gasteiger partial charge in [0.25, 0.3) is 0 Å². The van der Waals surface area contributed by atoms with E-state index < -0.39 is 6.10 Å². The molecule has 2 atom stereocenters. The summed E-state index contributed by atoms with van der Waals surface area (Å²) in [7, 11) is 0. The molecular formula is C15H20ClN3O2. The van der Waals surface area contributed by atoms with Crippen molar-refractivity contribution in [3.05, 3.63) is 29.3 Å². The number of nitrogens with one attached hydrogen (secondary N) is 1. The molecule has 0 radical (unpaired) electrons. The number of anilines is 1. The van der Waals surface area contributed by atoms with Gasteiger partial charge < -0.3 is 20.2 Å². The number of β-amino-alcohol motifs (C(OH)–C–C–N with tert-alkyl or cyclic N) is 1. The molecule has 2 aliphatic heterocycles. The van der Waals surface area contributed by atoms with Crippen LogP contribution in [0.4, 0.5) is 5.69 Å². The average molecular weight is 310 g/mol. The highest BCUT2D eigenvalue weighted by atomic mass is 35.5. The fourth-order valence-electron chi connectivity index (χ4n) is 3.00. The molecule has 1 aromatic carbocycles. The quantitative estimate of drug-likeness (QED) is 0.845. The van der Waals surface area contributed by atoms with E-state index in [4.69, 9.17) is 11.6 Å².